The second-order valence-corrected chi connectivity index (χ2v) is 3.08. The highest BCUT2D eigenvalue weighted by molar-refractivity contribution is 5.73. The van der Waals surface area contributed by atoms with E-state index < -0.39 is 12.0 Å². The zero-order valence-electron chi connectivity index (χ0n) is 8.39. The molecule has 0 aliphatic carbocycles. The van der Waals surface area contributed by atoms with Crippen LogP contribution < -0.4 is 5.73 Å². The van der Waals surface area contributed by atoms with Gasteiger partial charge in [0.2, 0.25) is 0 Å². The summed E-state index contributed by atoms with van der Waals surface area (Å²) in [5.41, 5.74) is 13.9. The first kappa shape index (κ1) is 12.0. The predicted octanol–water partition coefficient (Wildman–Crippen LogP) is -0.457. The minimum atomic E-state index is -1.08. The molecule has 3 N–H and O–H groups in total. The zero-order valence-corrected chi connectivity index (χ0v) is 8.39. The van der Waals surface area contributed by atoms with Gasteiger partial charge in [0, 0.05) is 30.6 Å². The fourth-order valence-electron chi connectivity index (χ4n) is 1.05. The Balaban J connectivity index is 2.51. The van der Waals surface area contributed by atoms with Crippen molar-refractivity contribution >= 4 is 5.97 Å². The minimum absolute atomic E-state index is 0.122. The molecule has 0 saturated heterocycles. The van der Waals surface area contributed by atoms with E-state index in [0.717, 1.165) is 0 Å². The van der Waals surface area contributed by atoms with Gasteiger partial charge in [0.1, 0.15) is 6.04 Å². The first-order chi connectivity index (χ1) is 7.63. The molecule has 0 aliphatic rings. The molecule has 9 heteroatoms. The lowest BCUT2D eigenvalue weighted by Gasteiger charge is -2.01. The molecule has 9 nitrogen and oxygen atoms in total. The van der Waals surface area contributed by atoms with Crippen molar-refractivity contribution in [2.75, 3.05) is 6.54 Å². The van der Waals surface area contributed by atoms with Gasteiger partial charge in [-0.25, -0.2) is 0 Å². The molecule has 0 spiro atoms. The Morgan fingerprint density at radius 2 is 2.56 bits per heavy atom. The second-order valence-electron chi connectivity index (χ2n) is 3.08. The largest absolute Gasteiger partial charge is 0.480 e. The standard InChI is InChI=1S/C7H11N7O2/c8-6(7(15)16)3-5-4-14(13-11-5)2-1-10-12-9/h4,6H,1-3,8H2,(H,15,16)/t6-/m0/s1. The summed E-state index contributed by atoms with van der Waals surface area (Å²) in [5, 5.41) is 19.4. The van der Waals surface area contributed by atoms with Crippen LogP contribution in [0.4, 0.5) is 0 Å². The van der Waals surface area contributed by atoms with Crippen LogP contribution in [0.1, 0.15) is 5.69 Å². The topological polar surface area (TPSA) is 143 Å². The van der Waals surface area contributed by atoms with Gasteiger partial charge in [-0.05, 0) is 5.53 Å². The molecule has 1 rings (SSSR count). The third-order valence-electron chi connectivity index (χ3n) is 1.82. The van der Waals surface area contributed by atoms with Crippen LogP contribution in [0, 0.1) is 0 Å². The Kier molecular flexibility index (Phi) is 4.25. The molecular weight excluding hydrogens is 214 g/mol. The van der Waals surface area contributed by atoms with Gasteiger partial charge in [-0.2, -0.15) is 0 Å². The number of aromatic nitrogens is 3. The molecule has 1 atom stereocenters. The van der Waals surface area contributed by atoms with E-state index in [0.29, 0.717) is 12.2 Å². The van der Waals surface area contributed by atoms with E-state index in [1.807, 2.05) is 0 Å². The van der Waals surface area contributed by atoms with E-state index in [1.165, 1.54) is 4.68 Å². The molecule has 0 radical (unpaired) electrons. The molecule has 16 heavy (non-hydrogen) atoms. The molecule has 0 amide bonds. The van der Waals surface area contributed by atoms with Gasteiger partial charge in [-0.1, -0.05) is 10.3 Å². The maximum Gasteiger partial charge on any atom is 0.320 e. The first-order valence-electron chi connectivity index (χ1n) is 4.51. The average Bonchev–Trinajstić information content (AvgIpc) is 2.66. The summed E-state index contributed by atoms with van der Waals surface area (Å²) in [4.78, 5) is 13.1. The number of hydrogen-bond acceptors (Lipinski definition) is 5. The molecule has 1 heterocycles. The van der Waals surface area contributed by atoms with Gasteiger partial charge in [-0.15, -0.1) is 5.10 Å². The molecule has 0 saturated carbocycles. The lowest BCUT2D eigenvalue weighted by Crippen LogP contribution is -2.32. The summed E-state index contributed by atoms with van der Waals surface area (Å²) in [6, 6.07) is -0.984. The smallest absolute Gasteiger partial charge is 0.320 e. The number of rotatable bonds is 6. The van der Waals surface area contributed by atoms with Crippen LogP contribution in [0.2, 0.25) is 0 Å². The van der Waals surface area contributed by atoms with Crippen LogP contribution in [-0.2, 0) is 17.8 Å². The predicted molar refractivity (Wildman–Crippen MR) is 53.4 cm³/mol. The van der Waals surface area contributed by atoms with E-state index in [2.05, 4.69) is 20.3 Å². The van der Waals surface area contributed by atoms with Crippen LogP contribution in [0.5, 0.6) is 0 Å². The number of hydrogen-bond donors (Lipinski definition) is 2. The average molecular weight is 225 g/mol. The van der Waals surface area contributed by atoms with Gasteiger partial charge in [0.15, 0.2) is 0 Å². The zero-order chi connectivity index (χ0) is 12.0. The van der Waals surface area contributed by atoms with Crippen LogP contribution in [0.3, 0.4) is 0 Å². The highest BCUT2D eigenvalue weighted by atomic mass is 16.4. The first-order valence-corrected chi connectivity index (χ1v) is 4.51. The van der Waals surface area contributed by atoms with Crippen molar-refractivity contribution in [2.45, 2.75) is 19.0 Å². The van der Waals surface area contributed by atoms with Crippen LogP contribution in [-0.4, -0.2) is 38.7 Å². The molecule has 0 bridgehead atoms. The van der Waals surface area contributed by atoms with Gasteiger partial charge in [0.05, 0.1) is 5.69 Å². The lowest BCUT2D eigenvalue weighted by molar-refractivity contribution is -0.138. The molecule has 0 aromatic carbocycles. The molecule has 0 fully saturated rings. The summed E-state index contributed by atoms with van der Waals surface area (Å²) in [6.45, 7) is 0.670. The fourth-order valence-corrected chi connectivity index (χ4v) is 1.05. The van der Waals surface area contributed by atoms with E-state index in [9.17, 15) is 4.79 Å². The quantitative estimate of drug-likeness (QED) is 0.382. The van der Waals surface area contributed by atoms with Gasteiger partial charge >= 0.3 is 5.97 Å². The summed E-state index contributed by atoms with van der Waals surface area (Å²) in [6.07, 6.45) is 1.70. The van der Waals surface area contributed by atoms with Crippen molar-refractivity contribution in [3.8, 4) is 0 Å². The van der Waals surface area contributed by atoms with Crippen molar-refractivity contribution in [1.29, 1.82) is 0 Å². The maximum atomic E-state index is 10.5. The number of azide groups is 1. The van der Waals surface area contributed by atoms with E-state index in [-0.39, 0.29) is 13.0 Å². The van der Waals surface area contributed by atoms with Crippen molar-refractivity contribution in [2.24, 2.45) is 10.8 Å². The van der Waals surface area contributed by atoms with Crippen molar-refractivity contribution in [1.82, 2.24) is 15.0 Å². The number of carboxylic acids is 1. The normalized spacial score (nSPS) is 11.8. The molecule has 1 aromatic rings. The maximum absolute atomic E-state index is 10.5. The number of nitrogens with two attached hydrogens (primary N) is 1. The van der Waals surface area contributed by atoms with E-state index >= 15 is 0 Å². The number of nitrogens with zero attached hydrogens (tertiary/aromatic N) is 6. The Morgan fingerprint density at radius 1 is 1.81 bits per heavy atom. The number of carboxylic acid groups (broad SMARTS) is 1. The molecular formula is C7H11N7O2. The van der Waals surface area contributed by atoms with Crippen molar-refractivity contribution in [3.05, 3.63) is 22.3 Å². The third kappa shape index (κ3) is 3.56. The Bertz CT molecular complexity index is 409. The lowest BCUT2D eigenvalue weighted by atomic mass is 10.2. The second kappa shape index (κ2) is 5.69. The molecule has 1 aromatic heterocycles. The van der Waals surface area contributed by atoms with Crippen LogP contribution in [0.25, 0.3) is 10.4 Å². The van der Waals surface area contributed by atoms with Crippen LogP contribution >= 0.6 is 0 Å². The van der Waals surface area contributed by atoms with Gasteiger partial charge in [-0.3, -0.25) is 9.48 Å². The van der Waals surface area contributed by atoms with E-state index in [4.69, 9.17) is 16.4 Å². The summed E-state index contributed by atoms with van der Waals surface area (Å²) >= 11 is 0. The molecule has 86 valence electrons. The third-order valence-corrected chi connectivity index (χ3v) is 1.82. The minimum Gasteiger partial charge on any atom is -0.480 e. The number of aliphatic carboxylic acids is 1. The van der Waals surface area contributed by atoms with Crippen molar-refractivity contribution in [3.63, 3.8) is 0 Å². The van der Waals surface area contributed by atoms with E-state index in [1.54, 1.807) is 6.20 Å². The van der Waals surface area contributed by atoms with Gasteiger partial charge < -0.3 is 10.8 Å². The van der Waals surface area contributed by atoms with Crippen molar-refractivity contribution < 1.29 is 9.90 Å². The fraction of sp³-hybridized carbons (Fsp3) is 0.571. The summed E-state index contributed by atoms with van der Waals surface area (Å²) in [7, 11) is 0. The summed E-state index contributed by atoms with van der Waals surface area (Å²) < 4.78 is 1.47. The monoisotopic (exact) mass is 225 g/mol. The van der Waals surface area contributed by atoms with Crippen LogP contribution in [0.15, 0.2) is 11.3 Å². The Hall–Kier alpha value is -2.12. The highest BCUT2D eigenvalue weighted by Gasteiger charge is 2.14. The molecule has 0 aliphatic heterocycles. The highest BCUT2D eigenvalue weighted by Crippen LogP contribution is 1.97. The Labute approximate surface area is 90.5 Å². The number of carbonyl (C=O) groups is 1. The SMILES string of the molecule is [N-]=[N+]=NCCn1cc(C[C@H](N)C(=O)O)nn1. The van der Waals surface area contributed by atoms with Gasteiger partial charge in [0.25, 0.3) is 0 Å². The summed E-state index contributed by atoms with van der Waals surface area (Å²) in [5.74, 6) is -1.08. The molecule has 0 unspecified atom stereocenters. The Morgan fingerprint density at radius 3 is 3.19 bits per heavy atom.